The van der Waals surface area contributed by atoms with E-state index >= 15 is 0 Å². The van der Waals surface area contributed by atoms with E-state index in [9.17, 15) is 0 Å². The van der Waals surface area contributed by atoms with Gasteiger partial charge in [0.1, 0.15) is 0 Å². The minimum atomic E-state index is 1.02. The lowest BCUT2D eigenvalue weighted by Crippen LogP contribution is -1.76. The molecule has 0 spiro atoms. The Morgan fingerprint density at radius 2 is 1.18 bits per heavy atom. The van der Waals surface area contributed by atoms with Crippen molar-refractivity contribution < 1.29 is 0 Å². The molecule has 0 heterocycles. The maximum atomic E-state index is 3.82. The minimum Gasteiger partial charge on any atom is -0.0885 e. The monoisotopic (exact) mass is 235 g/mol. The summed E-state index contributed by atoms with van der Waals surface area (Å²) in [5, 5.41) is 0. The molecule has 0 aliphatic rings. The zero-order valence-corrected chi connectivity index (χ0v) is 11.8. The first-order chi connectivity index (χ1) is 8.41. The van der Waals surface area contributed by atoms with Crippen LogP contribution in [0.25, 0.3) is 0 Å². The Kier molecular flexibility index (Phi) is 15.0. The highest BCUT2D eigenvalue weighted by molar-refractivity contribution is 4.85. The number of unbranched alkanes of at least 4 members (excludes halogenated alkanes) is 8. The van der Waals surface area contributed by atoms with Gasteiger partial charge in [-0.3, -0.25) is 0 Å². The average Bonchev–Trinajstić information content (AvgIpc) is 2.35. The van der Waals surface area contributed by atoms with Gasteiger partial charge in [-0.15, -0.1) is 0 Å². The SMILES string of the molecule is [CH2]CC/C=C/CCC/C=C/CCCCCCC. The summed E-state index contributed by atoms with van der Waals surface area (Å²) in [6.07, 6.45) is 23.4. The van der Waals surface area contributed by atoms with Crippen LogP contribution in [0, 0.1) is 6.92 Å². The predicted octanol–water partition coefficient (Wildman–Crippen LogP) is 6.24. The lowest BCUT2D eigenvalue weighted by molar-refractivity contribution is 0.637. The number of allylic oxidation sites excluding steroid dienone is 4. The first-order valence-electron chi connectivity index (χ1n) is 7.51. The van der Waals surface area contributed by atoms with Crippen molar-refractivity contribution in [1.82, 2.24) is 0 Å². The second kappa shape index (κ2) is 15.5. The van der Waals surface area contributed by atoms with Crippen LogP contribution in [-0.4, -0.2) is 0 Å². The Balaban J connectivity index is 3.09. The fourth-order valence-electron chi connectivity index (χ4n) is 1.81. The van der Waals surface area contributed by atoms with E-state index in [1.165, 1.54) is 57.8 Å². The van der Waals surface area contributed by atoms with E-state index in [2.05, 4.69) is 38.2 Å². The van der Waals surface area contributed by atoms with Gasteiger partial charge in [0.05, 0.1) is 0 Å². The molecule has 99 valence electrons. The van der Waals surface area contributed by atoms with E-state index in [1.54, 1.807) is 0 Å². The van der Waals surface area contributed by atoms with Crippen molar-refractivity contribution in [3.63, 3.8) is 0 Å². The van der Waals surface area contributed by atoms with E-state index < -0.39 is 0 Å². The van der Waals surface area contributed by atoms with E-state index in [0.717, 1.165) is 12.8 Å². The first kappa shape index (κ1) is 16.5. The molecule has 0 saturated carbocycles. The third-order valence-electron chi connectivity index (χ3n) is 2.92. The first-order valence-corrected chi connectivity index (χ1v) is 7.51. The maximum Gasteiger partial charge on any atom is -0.0348 e. The molecule has 0 rings (SSSR count). The van der Waals surface area contributed by atoms with Crippen molar-refractivity contribution in [2.75, 3.05) is 0 Å². The Hall–Kier alpha value is -0.520. The van der Waals surface area contributed by atoms with Crippen molar-refractivity contribution in [3.8, 4) is 0 Å². The number of rotatable bonds is 12. The van der Waals surface area contributed by atoms with Crippen molar-refractivity contribution in [2.24, 2.45) is 0 Å². The van der Waals surface area contributed by atoms with Gasteiger partial charge in [0.2, 0.25) is 0 Å². The van der Waals surface area contributed by atoms with Gasteiger partial charge in [0.15, 0.2) is 0 Å². The van der Waals surface area contributed by atoms with Crippen molar-refractivity contribution in [2.45, 2.75) is 77.6 Å². The fourth-order valence-corrected chi connectivity index (χ4v) is 1.81. The molecule has 0 heteroatoms. The largest absolute Gasteiger partial charge is 0.0885 e. The number of hydrogen-bond acceptors (Lipinski definition) is 0. The molecule has 0 aromatic carbocycles. The normalized spacial score (nSPS) is 11.9. The van der Waals surface area contributed by atoms with Gasteiger partial charge in [-0.1, -0.05) is 63.8 Å². The fraction of sp³-hybridized carbons (Fsp3) is 0.706. The van der Waals surface area contributed by atoms with Gasteiger partial charge >= 0.3 is 0 Å². The highest BCUT2D eigenvalue weighted by Gasteiger charge is 1.86. The Morgan fingerprint density at radius 3 is 1.76 bits per heavy atom. The molecule has 0 N–H and O–H groups in total. The number of hydrogen-bond donors (Lipinski definition) is 0. The summed E-state index contributed by atoms with van der Waals surface area (Å²) in [6, 6.07) is 0. The van der Waals surface area contributed by atoms with Crippen LogP contribution in [0.2, 0.25) is 0 Å². The van der Waals surface area contributed by atoms with Crippen molar-refractivity contribution in [1.29, 1.82) is 0 Å². The summed E-state index contributed by atoms with van der Waals surface area (Å²) in [6.45, 7) is 6.09. The molecular weight excluding hydrogens is 204 g/mol. The topological polar surface area (TPSA) is 0 Å². The van der Waals surface area contributed by atoms with Gasteiger partial charge in [0, 0.05) is 0 Å². The third kappa shape index (κ3) is 15.5. The zero-order chi connectivity index (χ0) is 12.6. The highest BCUT2D eigenvalue weighted by Crippen LogP contribution is 2.06. The Bertz CT molecular complexity index is 176. The van der Waals surface area contributed by atoms with Crippen LogP contribution in [0.5, 0.6) is 0 Å². The van der Waals surface area contributed by atoms with Crippen LogP contribution in [0.1, 0.15) is 77.6 Å². The van der Waals surface area contributed by atoms with Gasteiger partial charge in [0.25, 0.3) is 0 Å². The summed E-state index contributed by atoms with van der Waals surface area (Å²) in [5.41, 5.74) is 0. The van der Waals surface area contributed by atoms with Crippen molar-refractivity contribution >= 4 is 0 Å². The summed E-state index contributed by atoms with van der Waals surface area (Å²) in [7, 11) is 0. The molecule has 0 aromatic rings. The van der Waals surface area contributed by atoms with Crippen LogP contribution in [0.4, 0.5) is 0 Å². The maximum absolute atomic E-state index is 3.82. The summed E-state index contributed by atoms with van der Waals surface area (Å²) < 4.78 is 0. The summed E-state index contributed by atoms with van der Waals surface area (Å²) >= 11 is 0. The average molecular weight is 235 g/mol. The van der Waals surface area contributed by atoms with Crippen molar-refractivity contribution in [3.05, 3.63) is 31.2 Å². The zero-order valence-electron chi connectivity index (χ0n) is 11.8. The molecule has 0 saturated heterocycles. The summed E-state index contributed by atoms with van der Waals surface area (Å²) in [4.78, 5) is 0. The second-order valence-electron chi connectivity index (χ2n) is 4.72. The van der Waals surface area contributed by atoms with E-state index in [0.29, 0.717) is 0 Å². The molecule has 0 aromatic heterocycles. The van der Waals surface area contributed by atoms with Crippen LogP contribution < -0.4 is 0 Å². The third-order valence-corrected chi connectivity index (χ3v) is 2.92. The molecule has 1 radical (unpaired) electrons. The van der Waals surface area contributed by atoms with Crippen LogP contribution in [-0.2, 0) is 0 Å². The van der Waals surface area contributed by atoms with Gasteiger partial charge in [-0.05, 0) is 44.9 Å². The van der Waals surface area contributed by atoms with E-state index in [-0.39, 0.29) is 0 Å². The minimum absolute atomic E-state index is 1.02. The van der Waals surface area contributed by atoms with Crippen LogP contribution >= 0.6 is 0 Å². The summed E-state index contributed by atoms with van der Waals surface area (Å²) in [5.74, 6) is 0. The predicted molar refractivity (Wildman–Crippen MR) is 80.1 cm³/mol. The Morgan fingerprint density at radius 1 is 0.647 bits per heavy atom. The standard InChI is InChI=1S/C17H31/c1-3-5-7-9-11-13-15-17-16-14-12-10-8-6-4-2/h7,9,16-17H,1,3-6,8,10-15H2,2H3/b9-7+,17-16+. The molecule has 0 aliphatic carbocycles. The lowest BCUT2D eigenvalue weighted by atomic mass is 10.1. The molecule has 0 nitrogen and oxygen atoms in total. The smallest absolute Gasteiger partial charge is 0.0348 e. The van der Waals surface area contributed by atoms with Crippen LogP contribution in [0.15, 0.2) is 24.3 Å². The molecule has 0 aliphatic heterocycles. The molecule has 0 unspecified atom stereocenters. The molecule has 0 bridgehead atoms. The molecule has 17 heavy (non-hydrogen) atoms. The van der Waals surface area contributed by atoms with E-state index in [1.807, 2.05) is 0 Å². The highest BCUT2D eigenvalue weighted by atomic mass is 13.9. The lowest BCUT2D eigenvalue weighted by Gasteiger charge is -1.96. The molecular formula is C17H31. The molecule has 0 amide bonds. The Labute approximate surface area is 109 Å². The quantitative estimate of drug-likeness (QED) is 0.277. The molecule has 0 fully saturated rings. The molecule has 0 atom stereocenters. The van der Waals surface area contributed by atoms with E-state index in [4.69, 9.17) is 0 Å². The van der Waals surface area contributed by atoms with Gasteiger partial charge < -0.3 is 0 Å². The van der Waals surface area contributed by atoms with Gasteiger partial charge in [-0.2, -0.15) is 0 Å². The second-order valence-corrected chi connectivity index (χ2v) is 4.72. The van der Waals surface area contributed by atoms with Crippen LogP contribution in [0.3, 0.4) is 0 Å². The van der Waals surface area contributed by atoms with Gasteiger partial charge in [-0.25, -0.2) is 0 Å².